The van der Waals surface area contributed by atoms with Gasteiger partial charge < -0.3 is 5.73 Å². The first-order valence-corrected chi connectivity index (χ1v) is 7.70. The SMILES string of the molecule is CCCCCC(C)(CCCCC)c1cnc(N)nc1. The summed E-state index contributed by atoms with van der Waals surface area (Å²) < 4.78 is 0. The summed E-state index contributed by atoms with van der Waals surface area (Å²) in [6.45, 7) is 6.86. The summed E-state index contributed by atoms with van der Waals surface area (Å²) in [5, 5.41) is 0. The van der Waals surface area contributed by atoms with Gasteiger partial charge >= 0.3 is 0 Å². The van der Waals surface area contributed by atoms with E-state index in [1.807, 2.05) is 12.4 Å². The van der Waals surface area contributed by atoms with E-state index in [-0.39, 0.29) is 5.41 Å². The topological polar surface area (TPSA) is 51.8 Å². The van der Waals surface area contributed by atoms with Crippen molar-refractivity contribution >= 4 is 5.95 Å². The molecule has 2 N–H and O–H groups in total. The van der Waals surface area contributed by atoms with E-state index in [2.05, 4.69) is 30.7 Å². The summed E-state index contributed by atoms with van der Waals surface area (Å²) in [7, 11) is 0. The van der Waals surface area contributed by atoms with Crippen molar-refractivity contribution in [2.45, 2.75) is 77.6 Å². The summed E-state index contributed by atoms with van der Waals surface area (Å²) in [6.07, 6.45) is 14.0. The Morgan fingerprint density at radius 2 is 1.42 bits per heavy atom. The highest BCUT2D eigenvalue weighted by Crippen LogP contribution is 2.34. The van der Waals surface area contributed by atoms with Gasteiger partial charge in [0.25, 0.3) is 0 Å². The number of hydrogen-bond donors (Lipinski definition) is 1. The lowest BCUT2D eigenvalue weighted by molar-refractivity contribution is 0.365. The molecule has 0 saturated heterocycles. The van der Waals surface area contributed by atoms with Gasteiger partial charge in [-0.15, -0.1) is 0 Å². The first kappa shape index (κ1) is 15.9. The van der Waals surface area contributed by atoms with Gasteiger partial charge in [-0.2, -0.15) is 0 Å². The van der Waals surface area contributed by atoms with E-state index in [4.69, 9.17) is 5.73 Å². The number of nitrogens with two attached hydrogens (primary N) is 1. The fraction of sp³-hybridized carbons (Fsp3) is 0.750. The molecule has 0 bridgehead atoms. The minimum absolute atomic E-state index is 0.206. The molecular weight excluding hydrogens is 234 g/mol. The normalized spacial score (nSPS) is 11.7. The number of unbranched alkanes of at least 4 members (excludes halogenated alkanes) is 4. The molecule has 0 aliphatic rings. The molecule has 1 aromatic rings. The zero-order chi connectivity index (χ0) is 14.1. The second kappa shape index (κ2) is 8.13. The molecule has 0 radical (unpaired) electrons. The van der Waals surface area contributed by atoms with Gasteiger partial charge in [0.1, 0.15) is 0 Å². The molecule has 0 unspecified atom stereocenters. The average Bonchev–Trinajstić information content (AvgIpc) is 2.40. The van der Waals surface area contributed by atoms with Crippen LogP contribution in [0, 0.1) is 0 Å². The Morgan fingerprint density at radius 1 is 0.947 bits per heavy atom. The Labute approximate surface area is 118 Å². The van der Waals surface area contributed by atoms with Crippen molar-refractivity contribution in [3.8, 4) is 0 Å². The molecule has 1 rings (SSSR count). The number of nitrogen functional groups attached to an aromatic ring is 1. The van der Waals surface area contributed by atoms with E-state index in [1.54, 1.807) is 0 Å². The average molecular weight is 263 g/mol. The predicted molar refractivity (Wildman–Crippen MR) is 82.1 cm³/mol. The molecule has 108 valence electrons. The largest absolute Gasteiger partial charge is 0.368 e. The van der Waals surface area contributed by atoms with E-state index in [1.165, 1.54) is 56.9 Å². The monoisotopic (exact) mass is 263 g/mol. The lowest BCUT2D eigenvalue weighted by atomic mass is 9.75. The third kappa shape index (κ3) is 5.17. The van der Waals surface area contributed by atoms with Gasteiger partial charge in [0.2, 0.25) is 5.95 Å². The lowest BCUT2D eigenvalue weighted by Crippen LogP contribution is -2.23. The van der Waals surface area contributed by atoms with Crippen LogP contribution in [-0.2, 0) is 5.41 Å². The van der Waals surface area contributed by atoms with Crippen LogP contribution < -0.4 is 5.73 Å². The fourth-order valence-electron chi connectivity index (χ4n) is 2.59. The van der Waals surface area contributed by atoms with Gasteiger partial charge in [0.15, 0.2) is 0 Å². The Morgan fingerprint density at radius 3 is 1.84 bits per heavy atom. The van der Waals surface area contributed by atoms with E-state index in [0.717, 1.165) is 0 Å². The molecule has 3 heteroatoms. The van der Waals surface area contributed by atoms with Crippen LogP contribution in [0.1, 0.15) is 77.7 Å². The van der Waals surface area contributed by atoms with Crippen LogP contribution in [0.5, 0.6) is 0 Å². The minimum Gasteiger partial charge on any atom is -0.368 e. The third-order valence-electron chi connectivity index (χ3n) is 4.03. The molecule has 3 nitrogen and oxygen atoms in total. The second-order valence-electron chi connectivity index (χ2n) is 5.80. The summed E-state index contributed by atoms with van der Waals surface area (Å²) in [5.41, 5.74) is 7.04. The van der Waals surface area contributed by atoms with Gasteiger partial charge in [-0.05, 0) is 23.8 Å². The maximum atomic E-state index is 5.59. The highest BCUT2D eigenvalue weighted by molar-refractivity contribution is 5.23. The number of rotatable bonds is 9. The predicted octanol–water partition coefficient (Wildman–Crippen LogP) is 4.48. The molecule has 0 amide bonds. The van der Waals surface area contributed by atoms with Crippen LogP contribution in [-0.4, -0.2) is 9.97 Å². The van der Waals surface area contributed by atoms with Gasteiger partial charge in [-0.3, -0.25) is 0 Å². The zero-order valence-electron chi connectivity index (χ0n) is 12.8. The molecular formula is C16H29N3. The van der Waals surface area contributed by atoms with Crippen LogP contribution in [0.4, 0.5) is 5.95 Å². The molecule has 0 aromatic carbocycles. The molecule has 0 atom stereocenters. The third-order valence-corrected chi connectivity index (χ3v) is 4.03. The van der Waals surface area contributed by atoms with Crippen LogP contribution in [0.3, 0.4) is 0 Å². The molecule has 0 saturated carbocycles. The van der Waals surface area contributed by atoms with Gasteiger partial charge in [0.05, 0.1) is 0 Å². The van der Waals surface area contributed by atoms with E-state index in [9.17, 15) is 0 Å². The number of anilines is 1. The van der Waals surface area contributed by atoms with E-state index >= 15 is 0 Å². The number of hydrogen-bond acceptors (Lipinski definition) is 3. The smallest absolute Gasteiger partial charge is 0.219 e. The van der Waals surface area contributed by atoms with Crippen molar-refractivity contribution in [1.29, 1.82) is 0 Å². The standard InChI is InChI=1S/C16H29N3/c1-4-6-8-10-16(3,11-9-7-5-2)14-12-18-15(17)19-13-14/h12-13H,4-11H2,1-3H3,(H2,17,18,19). The molecule has 0 spiro atoms. The van der Waals surface area contributed by atoms with Gasteiger partial charge in [-0.25, -0.2) is 9.97 Å². The summed E-state index contributed by atoms with van der Waals surface area (Å²) in [5.74, 6) is 0.369. The van der Waals surface area contributed by atoms with Crippen molar-refractivity contribution in [2.75, 3.05) is 5.73 Å². The molecule has 1 aromatic heterocycles. The van der Waals surface area contributed by atoms with Crippen LogP contribution in [0.25, 0.3) is 0 Å². The van der Waals surface area contributed by atoms with Crippen molar-refractivity contribution < 1.29 is 0 Å². The molecule has 0 aliphatic carbocycles. The van der Waals surface area contributed by atoms with Crippen molar-refractivity contribution in [3.63, 3.8) is 0 Å². The summed E-state index contributed by atoms with van der Waals surface area (Å²) in [4.78, 5) is 8.34. The maximum Gasteiger partial charge on any atom is 0.219 e. The molecule has 1 heterocycles. The molecule has 0 fully saturated rings. The highest BCUT2D eigenvalue weighted by Gasteiger charge is 2.26. The number of aromatic nitrogens is 2. The maximum absolute atomic E-state index is 5.59. The summed E-state index contributed by atoms with van der Waals surface area (Å²) >= 11 is 0. The minimum atomic E-state index is 0.206. The van der Waals surface area contributed by atoms with Crippen LogP contribution in [0.15, 0.2) is 12.4 Å². The van der Waals surface area contributed by atoms with E-state index < -0.39 is 0 Å². The highest BCUT2D eigenvalue weighted by atomic mass is 15.0. The second-order valence-corrected chi connectivity index (χ2v) is 5.80. The Hall–Kier alpha value is -1.12. The lowest BCUT2D eigenvalue weighted by Gasteiger charge is -2.30. The zero-order valence-corrected chi connectivity index (χ0v) is 12.8. The fourth-order valence-corrected chi connectivity index (χ4v) is 2.59. The van der Waals surface area contributed by atoms with Crippen molar-refractivity contribution in [3.05, 3.63) is 18.0 Å². The van der Waals surface area contributed by atoms with E-state index in [0.29, 0.717) is 5.95 Å². The first-order chi connectivity index (χ1) is 9.12. The molecule has 0 aliphatic heterocycles. The summed E-state index contributed by atoms with van der Waals surface area (Å²) in [6, 6.07) is 0. The van der Waals surface area contributed by atoms with Crippen molar-refractivity contribution in [1.82, 2.24) is 9.97 Å². The van der Waals surface area contributed by atoms with Crippen LogP contribution in [0.2, 0.25) is 0 Å². The van der Waals surface area contributed by atoms with Gasteiger partial charge in [0, 0.05) is 12.4 Å². The Kier molecular flexibility index (Phi) is 6.82. The number of nitrogens with zero attached hydrogens (tertiary/aromatic N) is 2. The molecule has 19 heavy (non-hydrogen) atoms. The first-order valence-electron chi connectivity index (χ1n) is 7.70. The van der Waals surface area contributed by atoms with Gasteiger partial charge in [-0.1, -0.05) is 59.3 Å². The Balaban J connectivity index is 2.74. The quantitative estimate of drug-likeness (QED) is 0.668. The van der Waals surface area contributed by atoms with Crippen molar-refractivity contribution in [2.24, 2.45) is 0 Å². The van der Waals surface area contributed by atoms with Crippen LogP contribution >= 0.6 is 0 Å². The Bertz CT molecular complexity index is 336.